The number of urea groups is 1. The second kappa shape index (κ2) is 5.58. The van der Waals surface area contributed by atoms with Gasteiger partial charge in [-0.05, 0) is 37.8 Å². The van der Waals surface area contributed by atoms with E-state index in [-0.39, 0.29) is 30.8 Å². The summed E-state index contributed by atoms with van der Waals surface area (Å²) >= 11 is 0. The molecule has 2 aromatic heterocycles. The monoisotopic (exact) mass is 341 g/mol. The molecule has 1 unspecified atom stereocenters. The molecule has 25 heavy (non-hydrogen) atoms. The Balaban J connectivity index is 1.39. The van der Waals surface area contributed by atoms with Crippen molar-refractivity contribution in [2.24, 2.45) is 5.92 Å². The molecule has 4 rings (SSSR count). The third-order valence-corrected chi connectivity index (χ3v) is 4.98. The molecule has 4 amide bonds. The summed E-state index contributed by atoms with van der Waals surface area (Å²) in [5, 5.41) is 9.69. The van der Waals surface area contributed by atoms with E-state index in [2.05, 4.69) is 15.7 Å². The first-order chi connectivity index (χ1) is 12.0. The first kappa shape index (κ1) is 15.6. The molecule has 0 radical (unpaired) electrons. The highest BCUT2D eigenvalue weighted by Gasteiger charge is 2.56. The van der Waals surface area contributed by atoms with Crippen molar-refractivity contribution >= 4 is 23.4 Å². The molecule has 130 valence electrons. The van der Waals surface area contributed by atoms with Gasteiger partial charge in [0.2, 0.25) is 5.91 Å². The number of aromatic nitrogens is 2. The Kier molecular flexibility index (Phi) is 3.48. The fourth-order valence-electron chi connectivity index (χ4n) is 3.31. The second-order valence-corrected chi connectivity index (χ2v) is 6.78. The van der Waals surface area contributed by atoms with Gasteiger partial charge in [0.1, 0.15) is 12.1 Å². The van der Waals surface area contributed by atoms with E-state index in [1.165, 1.54) is 0 Å². The van der Waals surface area contributed by atoms with E-state index in [9.17, 15) is 14.4 Å². The number of pyridine rings is 1. The van der Waals surface area contributed by atoms with Crippen LogP contribution in [0, 0.1) is 5.92 Å². The molecule has 3 heterocycles. The van der Waals surface area contributed by atoms with E-state index in [0.717, 1.165) is 28.8 Å². The lowest BCUT2D eigenvalue weighted by Gasteiger charge is -2.20. The lowest BCUT2D eigenvalue weighted by molar-refractivity contribution is -0.135. The Morgan fingerprint density at radius 3 is 2.96 bits per heavy atom. The van der Waals surface area contributed by atoms with Crippen LogP contribution in [-0.4, -0.2) is 44.4 Å². The Bertz CT molecular complexity index is 872. The van der Waals surface area contributed by atoms with Crippen molar-refractivity contribution in [3.8, 4) is 0 Å². The summed E-state index contributed by atoms with van der Waals surface area (Å²) < 4.78 is 1.72. The van der Waals surface area contributed by atoms with Gasteiger partial charge in [0.05, 0.1) is 11.7 Å². The molecule has 1 atom stereocenters. The van der Waals surface area contributed by atoms with Crippen LogP contribution in [0.15, 0.2) is 30.6 Å². The van der Waals surface area contributed by atoms with Gasteiger partial charge in [-0.2, -0.15) is 5.10 Å². The molecule has 1 saturated heterocycles. The predicted octanol–water partition coefficient (Wildman–Crippen LogP) is 0.671. The maximum absolute atomic E-state index is 12.5. The quantitative estimate of drug-likeness (QED) is 0.782. The molecule has 1 saturated carbocycles. The fraction of sp³-hybridized carbons (Fsp3) is 0.412. The summed E-state index contributed by atoms with van der Waals surface area (Å²) in [6.45, 7) is 1.75. The van der Waals surface area contributed by atoms with Crippen molar-refractivity contribution in [2.75, 3.05) is 6.54 Å². The van der Waals surface area contributed by atoms with Crippen LogP contribution >= 0.6 is 0 Å². The SMILES string of the molecule is CC1(C2CC2)NC(=O)N(CC(=O)NCc2cnn3ccccc23)C1=O. The predicted molar refractivity (Wildman–Crippen MR) is 88.4 cm³/mol. The van der Waals surface area contributed by atoms with E-state index < -0.39 is 11.6 Å². The minimum atomic E-state index is -0.861. The highest BCUT2D eigenvalue weighted by Crippen LogP contribution is 2.42. The topological polar surface area (TPSA) is 95.8 Å². The molecular weight excluding hydrogens is 322 g/mol. The molecule has 0 spiro atoms. The molecule has 8 nitrogen and oxygen atoms in total. The van der Waals surface area contributed by atoms with E-state index >= 15 is 0 Å². The first-order valence-electron chi connectivity index (χ1n) is 8.31. The lowest BCUT2D eigenvalue weighted by Crippen LogP contribution is -2.46. The largest absolute Gasteiger partial charge is 0.350 e. The molecule has 2 fully saturated rings. The number of hydrogen-bond acceptors (Lipinski definition) is 4. The minimum Gasteiger partial charge on any atom is -0.350 e. The summed E-state index contributed by atoms with van der Waals surface area (Å²) in [5.74, 6) is -0.513. The van der Waals surface area contributed by atoms with Gasteiger partial charge in [-0.3, -0.25) is 14.5 Å². The van der Waals surface area contributed by atoms with Gasteiger partial charge < -0.3 is 10.6 Å². The van der Waals surface area contributed by atoms with Crippen LogP contribution in [-0.2, 0) is 16.1 Å². The van der Waals surface area contributed by atoms with E-state index in [0.29, 0.717) is 0 Å². The summed E-state index contributed by atoms with van der Waals surface area (Å²) in [5.41, 5.74) is 0.910. The van der Waals surface area contributed by atoms with Crippen LogP contribution in [0.4, 0.5) is 4.79 Å². The van der Waals surface area contributed by atoms with Crippen LogP contribution < -0.4 is 10.6 Å². The summed E-state index contributed by atoms with van der Waals surface area (Å²) in [6, 6.07) is 5.18. The van der Waals surface area contributed by atoms with Crippen LogP contribution in [0.1, 0.15) is 25.3 Å². The van der Waals surface area contributed by atoms with Crippen LogP contribution in [0.25, 0.3) is 5.52 Å². The number of amides is 4. The zero-order valence-electron chi connectivity index (χ0n) is 13.9. The van der Waals surface area contributed by atoms with Crippen molar-refractivity contribution in [2.45, 2.75) is 31.8 Å². The molecule has 0 aromatic carbocycles. The average Bonchev–Trinajstić information content (AvgIpc) is 3.34. The zero-order chi connectivity index (χ0) is 17.6. The maximum atomic E-state index is 12.5. The van der Waals surface area contributed by atoms with Gasteiger partial charge in [-0.1, -0.05) is 6.07 Å². The number of nitrogens with zero attached hydrogens (tertiary/aromatic N) is 3. The number of hydrogen-bond donors (Lipinski definition) is 2. The van der Waals surface area contributed by atoms with Crippen molar-refractivity contribution in [1.82, 2.24) is 25.1 Å². The molecule has 2 aromatic rings. The maximum Gasteiger partial charge on any atom is 0.325 e. The third kappa shape index (κ3) is 2.63. The number of imide groups is 1. The molecular formula is C17H19N5O3. The number of carbonyl (C=O) groups excluding carboxylic acids is 3. The van der Waals surface area contributed by atoms with Crippen molar-refractivity contribution in [1.29, 1.82) is 0 Å². The van der Waals surface area contributed by atoms with E-state index in [1.54, 1.807) is 17.6 Å². The molecule has 1 aliphatic carbocycles. The molecule has 2 aliphatic rings. The number of fused-ring (bicyclic) bond motifs is 1. The number of rotatable bonds is 5. The standard InChI is InChI=1S/C17H19N5O3/c1-17(12-5-6-12)15(24)21(16(25)20-17)10-14(23)18-8-11-9-19-22-7-3-2-4-13(11)22/h2-4,7,9,12H,5-6,8,10H2,1H3,(H,18,23)(H,20,25). The molecule has 1 aliphatic heterocycles. The van der Waals surface area contributed by atoms with Crippen LogP contribution in [0.2, 0.25) is 0 Å². The summed E-state index contributed by atoms with van der Waals surface area (Å²) in [7, 11) is 0. The Labute approximate surface area is 144 Å². The fourth-order valence-corrected chi connectivity index (χ4v) is 3.31. The smallest absolute Gasteiger partial charge is 0.325 e. The second-order valence-electron chi connectivity index (χ2n) is 6.78. The van der Waals surface area contributed by atoms with Gasteiger partial charge in [-0.15, -0.1) is 0 Å². The van der Waals surface area contributed by atoms with Crippen molar-refractivity contribution in [3.05, 3.63) is 36.2 Å². The first-order valence-corrected chi connectivity index (χ1v) is 8.31. The van der Waals surface area contributed by atoms with Gasteiger partial charge >= 0.3 is 6.03 Å². The zero-order valence-corrected chi connectivity index (χ0v) is 13.9. The van der Waals surface area contributed by atoms with Crippen LogP contribution in [0.3, 0.4) is 0 Å². The molecule has 8 heteroatoms. The van der Waals surface area contributed by atoms with Crippen LogP contribution in [0.5, 0.6) is 0 Å². The normalized spacial score (nSPS) is 23.2. The van der Waals surface area contributed by atoms with Gasteiger partial charge in [0.25, 0.3) is 5.91 Å². The Morgan fingerprint density at radius 1 is 1.40 bits per heavy atom. The van der Waals surface area contributed by atoms with Gasteiger partial charge in [-0.25, -0.2) is 9.31 Å². The van der Waals surface area contributed by atoms with E-state index in [1.807, 2.05) is 24.4 Å². The van der Waals surface area contributed by atoms with Crippen molar-refractivity contribution < 1.29 is 14.4 Å². The number of nitrogens with one attached hydrogen (secondary N) is 2. The van der Waals surface area contributed by atoms with Crippen molar-refractivity contribution in [3.63, 3.8) is 0 Å². The number of carbonyl (C=O) groups is 3. The van der Waals surface area contributed by atoms with E-state index in [4.69, 9.17) is 0 Å². The Hall–Kier alpha value is -2.90. The average molecular weight is 341 g/mol. The van der Waals surface area contributed by atoms with Gasteiger partial charge in [0.15, 0.2) is 0 Å². The van der Waals surface area contributed by atoms with Gasteiger partial charge in [0, 0.05) is 18.3 Å². The highest BCUT2D eigenvalue weighted by atomic mass is 16.2. The highest BCUT2D eigenvalue weighted by molar-refractivity contribution is 6.09. The summed E-state index contributed by atoms with van der Waals surface area (Å²) in [4.78, 5) is 37.8. The lowest BCUT2D eigenvalue weighted by atomic mass is 9.96. The third-order valence-electron chi connectivity index (χ3n) is 4.98. The molecule has 2 N–H and O–H groups in total. The molecule has 0 bridgehead atoms. The summed E-state index contributed by atoms with van der Waals surface area (Å²) in [6.07, 6.45) is 5.37. The Morgan fingerprint density at radius 2 is 2.20 bits per heavy atom. The minimum absolute atomic E-state index is 0.177.